The van der Waals surface area contributed by atoms with Gasteiger partial charge >= 0.3 is 6.09 Å². The van der Waals surface area contributed by atoms with Gasteiger partial charge in [-0.3, -0.25) is 4.90 Å². The lowest BCUT2D eigenvalue weighted by atomic mass is 10.2. The van der Waals surface area contributed by atoms with Gasteiger partial charge < -0.3 is 4.74 Å². The van der Waals surface area contributed by atoms with Crippen molar-refractivity contribution in [2.75, 3.05) is 18.6 Å². The maximum atomic E-state index is 13.8. The van der Waals surface area contributed by atoms with E-state index in [0.717, 1.165) is 6.20 Å². The Hall–Kier alpha value is -2.28. The highest BCUT2D eigenvalue weighted by Crippen LogP contribution is 2.22. The van der Waals surface area contributed by atoms with E-state index >= 15 is 0 Å². The van der Waals surface area contributed by atoms with Crippen molar-refractivity contribution in [3.05, 3.63) is 35.5 Å². The number of carbonyl (C=O) groups excluding carboxylic acids is 1. The van der Waals surface area contributed by atoms with Gasteiger partial charge in [-0.1, -0.05) is 6.07 Å². The Bertz CT molecular complexity index is 668. The highest BCUT2D eigenvalue weighted by molar-refractivity contribution is 6.28. The Labute approximate surface area is 125 Å². The van der Waals surface area contributed by atoms with Crippen LogP contribution in [0.2, 0.25) is 5.28 Å². The summed E-state index contributed by atoms with van der Waals surface area (Å²) in [4.78, 5) is 24.5. The monoisotopic (exact) mass is 310 g/mol. The fourth-order valence-electron chi connectivity index (χ4n) is 1.73. The van der Waals surface area contributed by atoms with E-state index in [2.05, 4.69) is 19.7 Å². The number of methoxy groups -OCH3 is 1. The van der Waals surface area contributed by atoms with Crippen LogP contribution in [0, 0.1) is 5.82 Å². The molecule has 0 N–H and O–H groups in total. The molecule has 0 bridgehead atoms. The van der Waals surface area contributed by atoms with Gasteiger partial charge in [-0.2, -0.15) is 0 Å². The van der Waals surface area contributed by atoms with E-state index in [4.69, 9.17) is 11.6 Å². The molecule has 0 atom stereocenters. The molecule has 0 radical (unpaired) electrons. The number of carbonyl (C=O) groups is 1. The van der Waals surface area contributed by atoms with Crippen molar-refractivity contribution in [2.45, 2.75) is 6.92 Å². The normalized spacial score (nSPS) is 10.3. The maximum Gasteiger partial charge on any atom is 0.415 e. The zero-order valence-corrected chi connectivity index (χ0v) is 12.1. The lowest BCUT2D eigenvalue weighted by molar-refractivity contribution is 0.179. The predicted molar refractivity (Wildman–Crippen MR) is 75.7 cm³/mol. The lowest BCUT2D eigenvalue weighted by Crippen LogP contribution is -2.31. The number of pyridine rings is 1. The summed E-state index contributed by atoms with van der Waals surface area (Å²) in [5.41, 5.74) is 0.217. The first-order valence-corrected chi connectivity index (χ1v) is 6.45. The van der Waals surface area contributed by atoms with Crippen molar-refractivity contribution in [2.24, 2.45) is 0 Å². The van der Waals surface area contributed by atoms with E-state index in [0.29, 0.717) is 12.4 Å². The van der Waals surface area contributed by atoms with Crippen LogP contribution in [0.25, 0.3) is 11.4 Å². The van der Waals surface area contributed by atoms with E-state index in [1.165, 1.54) is 12.0 Å². The summed E-state index contributed by atoms with van der Waals surface area (Å²) >= 11 is 5.67. The zero-order chi connectivity index (χ0) is 15.4. The molecule has 2 aromatic rings. The second-order valence-electron chi connectivity index (χ2n) is 3.93. The van der Waals surface area contributed by atoms with Gasteiger partial charge in [-0.25, -0.2) is 24.1 Å². The van der Waals surface area contributed by atoms with E-state index in [1.807, 2.05) is 0 Å². The SMILES string of the molecule is CCN(C(=O)OC)c1cccc(-c2nc(Cl)ncc2F)n1. The minimum absolute atomic E-state index is 0.0298. The molecule has 1 amide bonds. The Morgan fingerprint density at radius 2 is 2.19 bits per heavy atom. The quantitative estimate of drug-likeness (QED) is 0.815. The Balaban J connectivity index is 2.46. The van der Waals surface area contributed by atoms with Crippen molar-refractivity contribution in [1.82, 2.24) is 15.0 Å². The van der Waals surface area contributed by atoms with Crippen LogP contribution < -0.4 is 4.90 Å². The number of hydrogen-bond acceptors (Lipinski definition) is 5. The summed E-state index contributed by atoms with van der Waals surface area (Å²) in [5, 5.41) is -0.0843. The summed E-state index contributed by atoms with van der Waals surface area (Å²) in [7, 11) is 1.28. The number of rotatable bonds is 3. The molecule has 0 saturated carbocycles. The molecule has 0 aliphatic carbocycles. The highest BCUT2D eigenvalue weighted by Gasteiger charge is 2.17. The largest absolute Gasteiger partial charge is 0.452 e. The van der Waals surface area contributed by atoms with Crippen LogP contribution in [0.5, 0.6) is 0 Å². The standard InChI is InChI=1S/C13H12ClFN4O2/c1-3-19(13(20)21-2)10-6-4-5-9(17-10)11-8(15)7-16-12(14)18-11/h4-7H,3H2,1-2H3. The zero-order valence-electron chi connectivity index (χ0n) is 11.4. The van der Waals surface area contributed by atoms with E-state index in [-0.39, 0.29) is 16.7 Å². The molecule has 0 fully saturated rings. The predicted octanol–water partition coefficient (Wildman–Crippen LogP) is 2.92. The molecule has 8 heteroatoms. The van der Waals surface area contributed by atoms with Gasteiger partial charge in [0, 0.05) is 6.54 Å². The smallest absolute Gasteiger partial charge is 0.415 e. The van der Waals surface area contributed by atoms with Gasteiger partial charge in [0.05, 0.1) is 19.0 Å². The molecule has 0 aliphatic rings. The summed E-state index contributed by atoms with van der Waals surface area (Å²) in [6, 6.07) is 4.82. The van der Waals surface area contributed by atoms with Gasteiger partial charge in [-0.15, -0.1) is 0 Å². The maximum absolute atomic E-state index is 13.8. The number of ether oxygens (including phenoxy) is 1. The van der Waals surface area contributed by atoms with Crippen molar-refractivity contribution in [3.8, 4) is 11.4 Å². The molecule has 2 rings (SSSR count). The minimum Gasteiger partial charge on any atom is -0.452 e. The molecule has 0 saturated heterocycles. The van der Waals surface area contributed by atoms with Crippen LogP contribution >= 0.6 is 11.6 Å². The van der Waals surface area contributed by atoms with Gasteiger partial charge in [-0.05, 0) is 30.7 Å². The molecule has 0 unspecified atom stereocenters. The van der Waals surface area contributed by atoms with E-state index < -0.39 is 11.9 Å². The number of anilines is 1. The Morgan fingerprint density at radius 1 is 1.43 bits per heavy atom. The van der Waals surface area contributed by atoms with Crippen LogP contribution in [-0.2, 0) is 4.74 Å². The highest BCUT2D eigenvalue weighted by atomic mass is 35.5. The molecule has 110 valence electrons. The van der Waals surface area contributed by atoms with Crippen LogP contribution in [-0.4, -0.2) is 34.7 Å². The second-order valence-corrected chi connectivity index (χ2v) is 4.27. The first-order valence-electron chi connectivity index (χ1n) is 6.07. The lowest BCUT2D eigenvalue weighted by Gasteiger charge is -2.18. The second kappa shape index (κ2) is 6.45. The minimum atomic E-state index is -0.648. The molecule has 21 heavy (non-hydrogen) atoms. The average Bonchev–Trinajstić information content (AvgIpc) is 2.50. The molecule has 0 aliphatic heterocycles. The van der Waals surface area contributed by atoms with Crippen LogP contribution in [0.4, 0.5) is 15.0 Å². The first-order chi connectivity index (χ1) is 10.1. The fraction of sp³-hybridized carbons (Fsp3) is 0.231. The first kappa shape index (κ1) is 15.1. The van der Waals surface area contributed by atoms with E-state index in [9.17, 15) is 9.18 Å². The van der Waals surface area contributed by atoms with Gasteiger partial charge in [0.1, 0.15) is 11.5 Å². The fourth-order valence-corrected chi connectivity index (χ4v) is 1.86. The summed E-state index contributed by atoms with van der Waals surface area (Å²) in [6.07, 6.45) is 0.417. The molecular formula is C13H12ClFN4O2. The number of hydrogen-bond donors (Lipinski definition) is 0. The number of aromatic nitrogens is 3. The third-order valence-corrected chi connectivity index (χ3v) is 2.86. The van der Waals surface area contributed by atoms with Gasteiger partial charge in [0.2, 0.25) is 5.28 Å². The van der Waals surface area contributed by atoms with Crippen molar-refractivity contribution >= 4 is 23.5 Å². The third-order valence-electron chi connectivity index (χ3n) is 2.68. The van der Waals surface area contributed by atoms with Crippen molar-refractivity contribution in [3.63, 3.8) is 0 Å². The molecule has 0 spiro atoms. The average molecular weight is 311 g/mol. The summed E-state index contributed by atoms with van der Waals surface area (Å²) in [5.74, 6) is -0.318. The number of amides is 1. The number of halogens is 2. The summed E-state index contributed by atoms with van der Waals surface area (Å²) < 4.78 is 18.4. The van der Waals surface area contributed by atoms with Gasteiger partial charge in [0.25, 0.3) is 0 Å². The van der Waals surface area contributed by atoms with E-state index in [1.54, 1.807) is 25.1 Å². The Kier molecular flexibility index (Phi) is 4.64. The number of nitrogens with zero attached hydrogens (tertiary/aromatic N) is 4. The van der Waals surface area contributed by atoms with Gasteiger partial charge in [0.15, 0.2) is 5.82 Å². The molecule has 2 aromatic heterocycles. The van der Waals surface area contributed by atoms with Crippen LogP contribution in [0.1, 0.15) is 6.92 Å². The van der Waals surface area contributed by atoms with Crippen LogP contribution in [0.15, 0.2) is 24.4 Å². The topological polar surface area (TPSA) is 68.2 Å². The Morgan fingerprint density at radius 3 is 2.86 bits per heavy atom. The molecule has 6 nitrogen and oxygen atoms in total. The van der Waals surface area contributed by atoms with Crippen LogP contribution in [0.3, 0.4) is 0 Å². The third kappa shape index (κ3) is 3.25. The van der Waals surface area contributed by atoms with Crippen molar-refractivity contribution in [1.29, 1.82) is 0 Å². The molecular weight excluding hydrogens is 299 g/mol. The molecule has 2 heterocycles. The van der Waals surface area contributed by atoms with Crippen molar-refractivity contribution < 1.29 is 13.9 Å². The molecule has 0 aromatic carbocycles. The summed E-state index contributed by atoms with van der Waals surface area (Å²) in [6.45, 7) is 2.13.